The molecule has 0 aromatic heterocycles. The van der Waals surface area contributed by atoms with Gasteiger partial charge in [-0.25, -0.2) is 0 Å². The van der Waals surface area contributed by atoms with Crippen LogP contribution in [0.2, 0.25) is 0 Å². The first-order valence-electron chi connectivity index (χ1n) is 5.47. The first-order chi connectivity index (χ1) is 9.88. The Hall–Kier alpha value is 1.24. The summed E-state index contributed by atoms with van der Waals surface area (Å²) >= 11 is 15.0. The Morgan fingerprint density at radius 1 is 0.500 bits per heavy atom. The molecule has 0 saturated heterocycles. The molecule has 4 aliphatic heterocycles. The second kappa shape index (κ2) is 6.78. The summed E-state index contributed by atoms with van der Waals surface area (Å²) in [6.07, 6.45) is 4.48. The maximum atomic E-state index is 2.25. The van der Waals surface area contributed by atoms with Gasteiger partial charge in [-0.2, -0.15) is 0 Å². The molecular formula is C12H6S8. The lowest BCUT2D eigenvalue weighted by molar-refractivity contribution is 2.05. The molecule has 0 atom stereocenters. The smallest absolute Gasteiger partial charge is 0.0717 e. The Morgan fingerprint density at radius 3 is 1.65 bits per heavy atom. The quantitative estimate of drug-likeness (QED) is 0.427. The summed E-state index contributed by atoms with van der Waals surface area (Å²) < 4.78 is 8.57. The Balaban J connectivity index is 1.41. The molecule has 0 bridgehead atoms. The molecule has 4 aliphatic rings. The predicted octanol–water partition coefficient (Wildman–Crippen LogP) is 7.78. The monoisotopic (exact) mass is 406 g/mol. The van der Waals surface area contributed by atoms with Crippen molar-refractivity contribution in [3.8, 4) is 0 Å². The summed E-state index contributed by atoms with van der Waals surface area (Å²) in [4.78, 5) is 0. The molecule has 0 aliphatic carbocycles. The fourth-order valence-corrected chi connectivity index (χ4v) is 11.4. The van der Waals surface area contributed by atoms with Crippen molar-refractivity contribution in [3.63, 3.8) is 0 Å². The molecule has 4 heterocycles. The first kappa shape index (κ1) is 14.8. The van der Waals surface area contributed by atoms with Gasteiger partial charge in [-0.1, -0.05) is 94.1 Å². The van der Waals surface area contributed by atoms with Crippen LogP contribution in [0.3, 0.4) is 0 Å². The van der Waals surface area contributed by atoms with E-state index in [1.807, 2.05) is 70.6 Å². The average molecular weight is 407 g/mol. The largest absolute Gasteiger partial charge is 0.0902 e. The molecule has 0 nitrogen and oxygen atoms in total. The van der Waals surface area contributed by atoms with Crippen molar-refractivity contribution in [2.45, 2.75) is 0 Å². The van der Waals surface area contributed by atoms with Crippen molar-refractivity contribution in [1.82, 2.24) is 0 Å². The van der Waals surface area contributed by atoms with Gasteiger partial charge in [0.05, 0.1) is 21.2 Å². The van der Waals surface area contributed by atoms with Crippen molar-refractivity contribution in [2.75, 3.05) is 0 Å². The first-order valence-corrected chi connectivity index (χ1v) is 12.3. The maximum absolute atomic E-state index is 2.25. The second-order valence-electron chi connectivity index (χ2n) is 3.55. The molecule has 0 fully saturated rings. The number of hydrogen-bond acceptors (Lipinski definition) is 8. The van der Waals surface area contributed by atoms with E-state index in [9.17, 15) is 0 Å². The van der Waals surface area contributed by atoms with Gasteiger partial charge in [0.25, 0.3) is 0 Å². The predicted molar refractivity (Wildman–Crippen MR) is 109 cm³/mol. The van der Waals surface area contributed by atoms with Crippen LogP contribution in [-0.2, 0) is 0 Å². The van der Waals surface area contributed by atoms with Crippen molar-refractivity contribution in [1.29, 1.82) is 0 Å². The van der Waals surface area contributed by atoms with Gasteiger partial charge in [-0.15, -0.1) is 0 Å². The third-order valence-electron chi connectivity index (χ3n) is 2.28. The van der Waals surface area contributed by atoms with Crippen LogP contribution in [0.1, 0.15) is 0 Å². The highest BCUT2D eigenvalue weighted by molar-refractivity contribution is 8.49. The van der Waals surface area contributed by atoms with Gasteiger partial charge in [0.1, 0.15) is 0 Å². The summed E-state index contributed by atoms with van der Waals surface area (Å²) in [6.45, 7) is 0. The van der Waals surface area contributed by atoms with E-state index >= 15 is 0 Å². The van der Waals surface area contributed by atoms with Gasteiger partial charge in [-0.3, -0.25) is 0 Å². The van der Waals surface area contributed by atoms with Crippen LogP contribution < -0.4 is 0 Å². The molecule has 0 spiro atoms. The fourth-order valence-electron chi connectivity index (χ4n) is 1.49. The normalized spacial score (nSPS) is 24.4. The van der Waals surface area contributed by atoms with Crippen LogP contribution >= 0.6 is 94.1 Å². The van der Waals surface area contributed by atoms with E-state index in [0.29, 0.717) is 0 Å². The molecular weight excluding hydrogens is 401 g/mol. The number of rotatable bonds is 1. The number of hydrogen-bond donors (Lipinski definition) is 0. The Bertz CT molecular complexity index is 592. The van der Waals surface area contributed by atoms with Crippen LogP contribution in [0.15, 0.2) is 59.2 Å². The van der Waals surface area contributed by atoms with Gasteiger partial charge >= 0.3 is 0 Å². The highest BCUT2D eigenvalue weighted by Crippen LogP contribution is 2.68. The summed E-state index contributed by atoms with van der Waals surface area (Å²) in [7, 11) is 0. The minimum absolute atomic E-state index is 1.36. The Labute approximate surface area is 152 Å². The lowest BCUT2D eigenvalue weighted by Crippen LogP contribution is -1.69. The standard InChI is InChI=1S/C12H6S8/c1(7-13-3-4-14-7)2-8-17-11-12(18-8)20-10(19-11)9-15-5-6-16-9/h1-6H. The minimum atomic E-state index is 1.36. The molecule has 0 amide bonds. The fraction of sp³-hybridized carbons (Fsp3) is 0. The van der Waals surface area contributed by atoms with Gasteiger partial charge in [-0.05, 0) is 33.8 Å². The molecule has 20 heavy (non-hydrogen) atoms. The topological polar surface area (TPSA) is 0 Å². The molecule has 0 saturated carbocycles. The molecule has 0 aromatic carbocycles. The van der Waals surface area contributed by atoms with E-state index in [-0.39, 0.29) is 0 Å². The molecule has 4 rings (SSSR count). The van der Waals surface area contributed by atoms with Gasteiger partial charge in [0, 0.05) is 4.24 Å². The van der Waals surface area contributed by atoms with Crippen LogP contribution in [0.4, 0.5) is 0 Å². The zero-order valence-electron chi connectivity index (χ0n) is 9.73. The summed E-state index contributed by atoms with van der Waals surface area (Å²) in [6, 6.07) is 0. The Morgan fingerprint density at radius 2 is 1.00 bits per heavy atom. The van der Waals surface area contributed by atoms with Crippen molar-refractivity contribution >= 4 is 94.1 Å². The SMILES string of the molecule is C1=CSC(=CC=C2SC3=C(S2)SC(=C2SC=CS2)S3)S1. The van der Waals surface area contributed by atoms with E-state index in [1.165, 1.54) is 25.4 Å². The van der Waals surface area contributed by atoms with E-state index in [1.54, 1.807) is 23.5 Å². The van der Waals surface area contributed by atoms with Crippen molar-refractivity contribution in [2.24, 2.45) is 0 Å². The molecule has 0 N–H and O–H groups in total. The highest BCUT2D eigenvalue weighted by Gasteiger charge is 2.32. The number of thioether (sulfide) groups is 8. The van der Waals surface area contributed by atoms with E-state index in [4.69, 9.17) is 0 Å². The number of allylic oxidation sites excluding steroid dienone is 2. The van der Waals surface area contributed by atoms with Crippen LogP contribution in [0, 0.1) is 0 Å². The van der Waals surface area contributed by atoms with E-state index < -0.39 is 0 Å². The van der Waals surface area contributed by atoms with Crippen molar-refractivity contribution < 1.29 is 0 Å². The van der Waals surface area contributed by atoms with Gasteiger partial charge in [0.2, 0.25) is 0 Å². The molecule has 0 radical (unpaired) electrons. The summed E-state index contributed by atoms with van der Waals surface area (Å²) in [5.41, 5.74) is 0. The zero-order valence-corrected chi connectivity index (χ0v) is 16.3. The molecule has 0 unspecified atom stereocenters. The molecule has 102 valence electrons. The van der Waals surface area contributed by atoms with E-state index in [2.05, 4.69) is 33.8 Å². The van der Waals surface area contributed by atoms with Crippen LogP contribution in [-0.4, -0.2) is 0 Å². The maximum Gasteiger partial charge on any atom is 0.0717 e. The van der Waals surface area contributed by atoms with Crippen LogP contribution in [0.25, 0.3) is 0 Å². The molecule has 0 aromatic rings. The van der Waals surface area contributed by atoms with Gasteiger partial charge < -0.3 is 0 Å². The Kier molecular flexibility index (Phi) is 5.02. The zero-order chi connectivity index (χ0) is 13.4. The lowest BCUT2D eigenvalue weighted by Gasteiger charge is -2.04. The molecule has 8 heteroatoms. The van der Waals surface area contributed by atoms with Gasteiger partial charge in [0.15, 0.2) is 0 Å². The second-order valence-corrected chi connectivity index (χ2v) is 13.0. The highest BCUT2D eigenvalue weighted by atomic mass is 32.3. The van der Waals surface area contributed by atoms with Crippen molar-refractivity contribution in [3.05, 3.63) is 59.2 Å². The summed E-state index contributed by atoms with van der Waals surface area (Å²) in [5.74, 6) is 0. The van der Waals surface area contributed by atoms with Crippen LogP contribution in [0.5, 0.6) is 0 Å². The summed E-state index contributed by atoms with van der Waals surface area (Å²) in [5, 5.41) is 8.61. The minimum Gasteiger partial charge on any atom is -0.0902 e. The average Bonchev–Trinajstić information content (AvgIpc) is 3.19. The van der Waals surface area contributed by atoms with E-state index in [0.717, 1.165) is 0 Å². The third-order valence-corrected chi connectivity index (χ3v) is 12.5. The lowest BCUT2D eigenvalue weighted by atomic mass is 10.6. The third kappa shape index (κ3) is 3.27.